The molecule has 0 aliphatic carbocycles. The number of hydrogen-bond acceptors (Lipinski definition) is 4. The van der Waals surface area contributed by atoms with Crippen LogP contribution in [0.3, 0.4) is 0 Å². The van der Waals surface area contributed by atoms with E-state index in [2.05, 4.69) is 4.57 Å². The maximum atomic E-state index is 12.8. The molecule has 0 N–H and O–H groups in total. The average Bonchev–Trinajstić information content (AvgIpc) is 2.44. The summed E-state index contributed by atoms with van der Waals surface area (Å²) in [6.07, 6.45) is 2.16. The van der Waals surface area contributed by atoms with E-state index in [1.807, 2.05) is 24.4 Å². The second kappa shape index (κ2) is 7.02. The number of aryl methyl sites for hydroxylation is 1. The van der Waals surface area contributed by atoms with Crippen molar-refractivity contribution in [1.29, 1.82) is 0 Å². The number of carbonyl (C=O) groups is 2. The van der Waals surface area contributed by atoms with Crippen LogP contribution in [0.4, 0.5) is 9.59 Å². The Morgan fingerprint density at radius 1 is 1.04 bits per heavy atom. The quantitative estimate of drug-likeness (QED) is 0.720. The molecule has 25 heavy (non-hydrogen) atoms. The van der Waals surface area contributed by atoms with Crippen molar-refractivity contribution in [1.82, 2.24) is 4.90 Å². The number of aromatic nitrogens is 1. The van der Waals surface area contributed by atoms with Crippen LogP contribution in [-0.4, -0.2) is 28.3 Å². The summed E-state index contributed by atoms with van der Waals surface area (Å²) in [7, 11) is 0. The van der Waals surface area contributed by atoms with Gasteiger partial charge in [-0.2, -0.15) is 4.90 Å². The molecule has 1 aromatic rings. The Bertz CT molecular complexity index is 616. The summed E-state index contributed by atoms with van der Waals surface area (Å²) in [5.41, 5.74) is -0.484. The van der Waals surface area contributed by atoms with Gasteiger partial charge in [-0.05, 0) is 48.0 Å². The first kappa shape index (κ1) is 19.2. The molecule has 1 aliphatic rings. The van der Waals surface area contributed by atoms with Crippen molar-refractivity contribution in [3.05, 3.63) is 30.1 Å². The number of fused-ring (bicyclic) bond motifs is 1. The molecule has 0 saturated carbocycles. The SMILES string of the molecule is CC(C)(C)OC(=O)N(C(=O)OC(C)(C)C)[C@@H]1CCC[n+]2ccccc21. The fourth-order valence-electron chi connectivity index (χ4n) is 2.81. The number of pyridine rings is 1. The van der Waals surface area contributed by atoms with Gasteiger partial charge in [0.25, 0.3) is 0 Å². The van der Waals surface area contributed by atoms with Crippen molar-refractivity contribution in [3.63, 3.8) is 0 Å². The zero-order valence-corrected chi connectivity index (χ0v) is 16.0. The van der Waals surface area contributed by atoms with Crippen molar-refractivity contribution < 1.29 is 23.6 Å². The fourth-order valence-corrected chi connectivity index (χ4v) is 2.81. The van der Waals surface area contributed by atoms with Crippen LogP contribution in [0.2, 0.25) is 0 Å². The lowest BCUT2D eigenvalue weighted by Gasteiger charge is -2.33. The van der Waals surface area contributed by atoms with E-state index in [1.165, 1.54) is 0 Å². The smallest absolute Gasteiger partial charge is 0.420 e. The van der Waals surface area contributed by atoms with Gasteiger partial charge in [-0.1, -0.05) is 6.07 Å². The second-order valence-corrected chi connectivity index (χ2v) is 8.31. The van der Waals surface area contributed by atoms with Crippen molar-refractivity contribution in [2.24, 2.45) is 0 Å². The van der Waals surface area contributed by atoms with E-state index in [4.69, 9.17) is 9.47 Å². The number of carbonyl (C=O) groups excluding carboxylic acids is 2. The minimum absolute atomic E-state index is 0.403. The molecule has 2 amide bonds. The van der Waals surface area contributed by atoms with Crippen LogP contribution in [-0.2, 0) is 16.0 Å². The van der Waals surface area contributed by atoms with E-state index in [0.29, 0.717) is 6.42 Å². The van der Waals surface area contributed by atoms with E-state index < -0.39 is 29.4 Å². The van der Waals surface area contributed by atoms with Crippen LogP contribution < -0.4 is 4.57 Å². The molecule has 0 fully saturated rings. The van der Waals surface area contributed by atoms with Gasteiger partial charge in [-0.25, -0.2) is 14.2 Å². The van der Waals surface area contributed by atoms with Crippen molar-refractivity contribution in [2.45, 2.75) is 78.2 Å². The Morgan fingerprint density at radius 3 is 2.12 bits per heavy atom. The van der Waals surface area contributed by atoms with Crippen molar-refractivity contribution in [3.8, 4) is 0 Å². The highest BCUT2D eigenvalue weighted by Crippen LogP contribution is 2.30. The lowest BCUT2D eigenvalue weighted by Crippen LogP contribution is -2.52. The van der Waals surface area contributed by atoms with Crippen LogP contribution in [0.1, 0.15) is 66.1 Å². The topological polar surface area (TPSA) is 59.7 Å². The van der Waals surface area contributed by atoms with Gasteiger partial charge in [0.2, 0.25) is 5.69 Å². The van der Waals surface area contributed by atoms with E-state index in [9.17, 15) is 9.59 Å². The molecular formula is C19H29N2O4+. The van der Waals surface area contributed by atoms with E-state index in [1.54, 1.807) is 41.5 Å². The predicted molar refractivity (Wildman–Crippen MR) is 92.9 cm³/mol. The summed E-state index contributed by atoms with van der Waals surface area (Å²) in [6, 6.07) is 5.38. The average molecular weight is 349 g/mol. The Hall–Kier alpha value is -2.11. The molecule has 6 nitrogen and oxygen atoms in total. The Morgan fingerprint density at radius 2 is 1.60 bits per heavy atom. The number of nitrogens with zero attached hydrogens (tertiary/aromatic N) is 2. The van der Waals surface area contributed by atoms with E-state index in [-0.39, 0.29) is 0 Å². The van der Waals surface area contributed by atoms with Crippen LogP contribution >= 0.6 is 0 Å². The van der Waals surface area contributed by atoms with Gasteiger partial charge in [0.15, 0.2) is 6.20 Å². The van der Waals surface area contributed by atoms with Gasteiger partial charge in [-0.15, -0.1) is 0 Å². The van der Waals surface area contributed by atoms with Crippen LogP contribution in [0.15, 0.2) is 24.4 Å². The summed E-state index contributed by atoms with van der Waals surface area (Å²) < 4.78 is 13.0. The number of rotatable bonds is 1. The molecule has 138 valence electrons. The first-order valence-electron chi connectivity index (χ1n) is 8.71. The van der Waals surface area contributed by atoms with Gasteiger partial charge >= 0.3 is 12.2 Å². The highest BCUT2D eigenvalue weighted by Gasteiger charge is 2.42. The third kappa shape index (κ3) is 5.18. The van der Waals surface area contributed by atoms with E-state index in [0.717, 1.165) is 23.6 Å². The lowest BCUT2D eigenvalue weighted by atomic mass is 10.0. The molecule has 6 heteroatoms. The van der Waals surface area contributed by atoms with Gasteiger partial charge in [-0.3, -0.25) is 0 Å². The summed E-state index contributed by atoms with van der Waals surface area (Å²) >= 11 is 0. The highest BCUT2D eigenvalue weighted by atomic mass is 16.6. The number of imide groups is 1. The third-order valence-corrected chi connectivity index (χ3v) is 3.69. The zero-order valence-electron chi connectivity index (χ0n) is 16.0. The third-order valence-electron chi connectivity index (χ3n) is 3.69. The Balaban J connectivity index is 2.38. The van der Waals surface area contributed by atoms with E-state index >= 15 is 0 Å². The molecule has 0 aromatic carbocycles. The first-order chi connectivity index (χ1) is 11.5. The summed E-state index contributed by atoms with van der Waals surface area (Å²) in [5.74, 6) is 0. The predicted octanol–water partition coefficient (Wildman–Crippen LogP) is 3.98. The monoisotopic (exact) mass is 349 g/mol. The maximum Gasteiger partial charge on any atom is 0.420 e. The highest BCUT2D eigenvalue weighted by molar-refractivity contribution is 5.88. The van der Waals surface area contributed by atoms with Gasteiger partial charge < -0.3 is 9.47 Å². The molecule has 2 rings (SSSR count). The standard InChI is InChI=1S/C19H29N2O4/c1-18(2,3)24-16(22)21(17(23)25-19(4,5)6)15-11-9-13-20-12-8-7-10-14(15)20/h7-8,10,12,15H,9,11,13H2,1-6H3/q+1/t15-/m1/s1. The maximum absolute atomic E-state index is 12.8. The molecule has 2 heterocycles. The van der Waals surface area contributed by atoms with Crippen LogP contribution in [0.25, 0.3) is 0 Å². The van der Waals surface area contributed by atoms with Crippen LogP contribution in [0.5, 0.6) is 0 Å². The lowest BCUT2D eigenvalue weighted by molar-refractivity contribution is -0.712. The summed E-state index contributed by atoms with van der Waals surface area (Å²) in [4.78, 5) is 26.7. The zero-order chi connectivity index (χ0) is 18.8. The molecule has 0 bridgehead atoms. The molecule has 0 radical (unpaired) electrons. The molecule has 0 unspecified atom stereocenters. The van der Waals surface area contributed by atoms with Gasteiger partial charge in [0.05, 0.1) is 0 Å². The number of ether oxygens (including phenoxy) is 2. The Labute approximate surface area is 149 Å². The summed E-state index contributed by atoms with van der Waals surface area (Å²) in [6.45, 7) is 11.5. The van der Waals surface area contributed by atoms with Gasteiger partial charge in [0, 0.05) is 18.6 Å². The molecular weight excluding hydrogens is 320 g/mol. The molecule has 1 atom stereocenters. The first-order valence-corrected chi connectivity index (χ1v) is 8.71. The number of amides is 2. The molecule has 0 spiro atoms. The minimum atomic E-state index is -0.696. The van der Waals surface area contributed by atoms with Crippen molar-refractivity contribution in [2.75, 3.05) is 0 Å². The molecule has 1 aliphatic heterocycles. The normalized spacial score (nSPS) is 17.4. The molecule has 1 aromatic heterocycles. The second-order valence-electron chi connectivity index (χ2n) is 8.31. The minimum Gasteiger partial charge on any atom is -0.443 e. The summed E-state index contributed by atoms with van der Waals surface area (Å²) in [5, 5.41) is 0. The number of hydrogen-bond donors (Lipinski definition) is 0. The van der Waals surface area contributed by atoms with Crippen molar-refractivity contribution >= 4 is 12.2 Å². The largest absolute Gasteiger partial charge is 0.443 e. The fraction of sp³-hybridized carbons (Fsp3) is 0.632. The van der Waals surface area contributed by atoms with Gasteiger partial charge in [0.1, 0.15) is 23.8 Å². The molecule has 0 saturated heterocycles. The van der Waals surface area contributed by atoms with Crippen LogP contribution in [0, 0.1) is 0 Å². The Kier molecular flexibility index (Phi) is 5.40.